The zero-order valence-electron chi connectivity index (χ0n) is 15.1. The Morgan fingerprint density at radius 2 is 2.21 bits per heavy atom. The molecule has 0 aliphatic carbocycles. The summed E-state index contributed by atoms with van der Waals surface area (Å²) in [6.45, 7) is 3.71. The number of halogens is 1. The summed E-state index contributed by atoms with van der Waals surface area (Å²) in [7, 11) is 1.58. The van der Waals surface area contributed by atoms with Gasteiger partial charge in [0.05, 0.1) is 24.3 Å². The van der Waals surface area contributed by atoms with Gasteiger partial charge in [0.25, 0.3) is 0 Å². The third kappa shape index (κ3) is 2.74. The SMILES string of the molecule is [CH2][C@@H]1COc2c(ccc3nc(-c4cc(CF)cc5cc(OC)cnc45)sc23)O1. The number of nitrogens with zero attached hydrogens (tertiary/aromatic N) is 2. The highest BCUT2D eigenvalue weighted by Gasteiger charge is 2.23. The van der Waals surface area contributed by atoms with E-state index in [1.165, 1.54) is 11.3 Å². The fourth-order valence-electron chi connectivity index (χ4n) is 3.33. The molecular formula is C21H16FN2O3S. The summed E-state index contributed by atoms with van der Waals surface area (Å²) in [5.41, 5.74) is 2.91. The van der Waals surface area contributed by atoms with Gasteiger partial charge >= 0.3 is 0 Å². The first-order valence-corrected chi connectivity index (χ1v) is 9.57. The van der Waals surface area contributed by atoms with Crippen molar-refractivity contribution in [2.75, 3.05) is 13.7 Å². The zero-order chi connectivity index (χ0) is 19.3. The molecule has 28 heavy (non-hydrogen) atoms. The molecular weight excluding hydrogens is 379 g/mol. The molecule has 0 N–H and O–H groups in total. The van der Waals surface area contributed by atoms with Crippen LogP contribution < -0.4 is 14.2 Å². The minimum atomic E-state index is -0.567. The molecule has 0 fully saturated rings. The van der Waals surface area contributed by atoms with Crippen molar-refractivity contribution in [2.45, 2.75) is 12.8 Å². The molecule has 0 bridgehead atoms. The predicted molar refractivity (Wildman–Crippen MR) is 107 cm³/mol. The van der Waals surface area contributed by atoms with E-state index in [9.17, 15) is 4.39 Å². The Bertz CT molecular complexity index is 1200. The molecule has 2 aromatic carbocycles. The van der Waals surface area contributed by atoms with Crippen LogP contribution in [0.25, 0.3) is 31.7 Å². The molecule has 5 nitrogen and oxygen atoms in total. The largest absolute Gasteiger partial charge is 0.495 e. The van der Waals surface area contributed by atoms with Gasteiger partial charge in [0.1, 0.15) is 34.8 Å². The number of hydrogen-bond acceptors (Lipinski definition) is 6. The van der Waals surface area contributed by atoms with Gasteiger partial charge in [-0.3, -0.25) is 4.98 Å². The van der Waals surface area contributed by atoms with Crippen LogP contribution in [-0.2, 0) is 6.67 Å². The molecule has 1 atom stereocenters. The number of alkyl halides is 1. The fourth-order valence-corrected chi connectivity index (χ4v) is 4.40. The summed E-state index contributed by atoms with van der Waals surface area (Å²) in [5, 5.41) is 1.56. The average Bonchev–Trinajstić information content (AvgIpc) is 3.16. The van der Waals surface area contributed by atoms with Crippen molar-refractivity contribution in [3.8, 4) is 27.8 Å². The lowest BCUT2D eigenvalue weighted by Crippen LogP contribution is -2.25. The van der Waals surface area contributed by atoms with Gasteiger partial charge in [0.2, 0.25) is 0 Å². The van der Waals surface area contributed by atoms with Gasteiger partial charge in [-0.1, -0.05) is 0 Å². The zero-order valence-corrected chi connectivity index (χ0v) is 15.9. The molecule has 0 saturated heterocycles. The van der Waals surface area contributed by atoms with Crippen molar-refractivity contribution >= 4 is 32.5 Å². The number of rotatable bonds is 3. The highest BCUT2D eigenvalue weighted by atomic mass is 32.1. The maximum atomic E-state index is 13.5. The van der Waals surface area contributed by atoms with Crippen molar-refractivity contribution in [3.63, 3.8) is 0 Å². The standard InChI is InChI=1S/C21H16FN2O3S/c1-11-10-26-19-17(27-11)4-3-16-20(19)28-21(24-16)15-6-12(8-22)5-13-7-14(25-2)9-23-18(13)15/h3-7,9,11H,1,8,10H2,2H3/t11-/m1/s1. The first-order valence-electron chi connectivity index (χ1n) is 8.75. The maximum absolute atomic E-state index is 13.5. The smallest absolute Gasteiger partial charge is 0.180 e. The summed E-state index contributed by atoms with van der Waals surface area (Å²) in [5.74, 6) is 1.97. The lowest BCUT2D eigenvalue weighted by atomic mass is 10.1. The van der Waals surface area contributed by atoms with Crippen LogP contribution in [0, 0.1) is 6.92 Å². The van der Waals surface area contributed by atoms with Crippen molar-refractivity contribution in [1.29, 1.82) is 0 Å². The van der Waals surface area contributed by atoms with E-state index < -0.39 is 6.67 Å². The van der Waals surface area contributed by atoms with Crippen molar-refractivity contribution in [3.05, 3.63) is 49.0 Å². The molecule has 5 rings (SSSR count). The number of ether oxygens (including phenoxy) is 3. The fraction of sp³-hybridized carbons (Fsp3) is 0.190. The van der Waals surface area contributed by atoms with E-state index in [4.69, 9.17) is 19.2 Å². The van der Waals surface area contributed by atoms with Crippen molar-refractivity contribution in [1.82, 2.24) is 9.97 Å². The minimum Gasteiger partial charge on any atom is -0.495 e. The number of benzene rings is 2. The predicted octanol–water partition coefficient (Wildman–Crippen LogP) is 4.96. The Morgan fingerprint density at radius 1 is 1.32 bits per heavy atom. The number of methoxy groups -OCH3 is 1. The lowest BCUT2D eigenvalue weighted by Gasteiger charge is -2.23. The van der Waals surface area contributed by atoms with Crippen LogP contribution in [0.4, 0.5) is 4.39 Å². The first kappa shape index (κ1) is 17.2. The highest BCUT2D eigenvalue weighted by molar-refractivity contribution is 7.22. The Balaban J connectivity index is 1.72. The van der Waals surface area contributed by atoms with E-state index in [1.54, 1.807) is 25.4 Å². The first-order chi connectivity index (χ1) is 13.7. The van der Waals surface area contributed by atoms with Crippen LogP contribution in [0.5, 0.6) is 17.2 Å². The molecule has 0 saturated carbocycles. The Morgan fingerprint density at radius 3 is 3.04 bits per heavy atom. The van der Waals surface area contributed by atoms with E-state index >= 15 is 0 Å². The molecule has 0 spiro atoms. The van der Waals surface area contributed by atoms with Crippen LogP contribution in [-0.4, -0.2) is 29.8 Å². The van der Waals surface area contributed by atoms with E-state index in [0.717, 1.165) is 31.7 Å². The van der Waals surface area contributed by atoms with Crippen molar-refractivity contribution in [2.24, 2.45) is 0 Å². The molecule has 1 radical (unpaired) electrons. The molecule has 0 amide bonds. The molecule has 7 heteroatoms. The number of hydrogen-bond donors (Lipinski definition) is 0. The quantitative estimate of drug-likeness (QED) is 0.491. The van der Waals surface area contributed by atoms with Gasteiger partial charge in [0.15, 0.2) is 11.5 Å². The summed E-state index contributed by atoms with van der Waals surface area (Å²) in [6.07, 6.45) is 1.42. The molecule has 4 aromatic rings. The van der Waals surface area contributed by atoms with Crippen LogP contribution in [0.2, 0.25) is 0 Å². The lowest BCUT2D eigenvalue weighted by molar-refractivity contribution is 0.123. The van der Waals surface area contributed by atoms with Gasteiger partial charge in [0, 0.05) is 10.9 Å². The van der Waals surface area contributed by atoms with E-state index in [0.29, 0.717) is 29.4 Å². The molecule has 1 aliphatic rings. The van der Waals surface area contributed by atoms with Gasteiger partial charge in [-0.15, -0.1) is 11.3 Å². The molecule has 3 heterocycles. The highest BCUT2D eigenvalue weighted by Crippen LogP contribution is 2.44. The Kier molecular flexibility index (Phi) is 4.05. The molecule has 141 valence electrons. The van der Waals surface area contributed by atoms with E-state index in [-0.39, 0.29) is 6.10 Å². The number of thiazole rings is 1. The summed E-state index contributed by atoms with van der Waals surface area (Å²) in [6, 6.07) is 9.18. The average molecular weight is 395 g/mol. The summed E-state index contributed by atoms with van der Waals surface area (Å²) in [4.78, 5) is 9.28. The monoisotopic (exact) mass is 395 g/mol. The second-order valence-electron chi connectivity index (χ2n) is 6.53. The normalized spacial score (nSPS) is 15.9. The second-order valence-corrected chi connectivity index (χ2v) is 7.53. The molecule has 1 aliphatic heterocycles. The Labute approximate surface area is 164 Å². The van der Waals surface area contributed by atoms with Crippen LogP contribution >= 0.6 is 11.3 Å². The van der Waals surface area contributed by atoms with Crippen LogP contribution in [0.3, 0.4) is 0 Å². The number of fused-ring (bicyclic) bond motifs is 4. The molecule has 2 aromatic heterocycles. The topological polar surface area (TPSA) is 53.5 Å². The number of pyridine rings is 1. The summed E-state index contributed by atoms with van der Waals surface area (Å²) >= 11 is 1.48. The van der Waals surface area contributed by atoms with E-state index in [2.05, 4.69) is 11.9 Å². The summed E-state index contributed by atoms with van der Waals surface area (Å²) < 4.78 is 31.2. The minimum absolute atomic E-state index is 0.235. The van der Waals surface area contributed by atoms with Crippen LogP contribution in [0.1, 0.15) is 5.56 Å². The van der Waals surface area contributed by atoms with Crippen molar-refractivity contribution < 1.29 is 18.6 Å². The van der Waals surface area contributed by atoms with Gasteiger partial charge in [-0.25, -0.2) is 9.37 Å². The number of aromatic nitrogens is 2. The third-order valence-electron chi connectivity index (χ3n) is 4.62. The third-order valence-corrected chi connectivity index (χ3v) is 5.72. The molecule has 0 unspecified atom stereocenters. The van der Waals surface area contributed by atoms with Gasteiger partial charge < -0.3 is 14.2 Å². The maximum Gasteiger partial charge on any atom is 0.180 e. The van der Waals surface area contributed by atoms with Gasteiger partial charge in [-0.2, -0.15) is 0 Å². The van der Waals surface area contributed by atoms with E-state index in [1.807, 2.05) is 18.2 Å². The van der Waals surface area contributed by atoms with Gasteiger partial charge in [-0.05, 0) is 42.8 Å². The van der Waals surface area contributed by atoms with Crippen LogP contribution in [0.15, 0.2) is 36.5 Å². The Hall–Kier alpha value is -2.93. The second kappa shape index (κ2) is 6.60.